The van der Waals surface area contributed by atoms with Gasteiger partial charge in [0.05, 0.1) is 4.88 Å². The van der Waals surface area contributed by atoms with Crippen LogP contribution in [-0.2, 0) is 13.1 Å². The number of hydrogen-bond acceptors (Lipinski definition) is 3. The maximum atomic E-state index is 4.74. The molecule has 1 aliphatic carbocycles. The molecule has 1 aliphatic rings. The fraction of sp³-hybridized carbons (Fsp3) is 0.462. The van der Waals surface area contributed by atoms with Crippen LogP contribution in [0.15, 0.2) is 23.7 Å². The molecule has 0 atom stereocenters. The van der Waals surface area contributed by atoms with Gasteiger partial charge in [0.1, 0.15) is 5.69 Å². The molecular weight excluding hydrogens is 230 g/mol. The lowest BCUT2D eigenvalue weighted by molar-refractivity contribution is 0.564. The molecule has 0 saturated heterocycles. The first-order valence-corrected chi connectivity index (χ1v) is 6.99. The van der Waals surface area contributed by atoms with Gasteiger partial charge in [-0.05, 0) is 37.3 Å². The van der Waals surface area contributed by atoms with E-state index in [-0.39, 0.29) is 0 Å². The minimum atomic E-state index is 0.869. The van der Waals surface area contributed by atoms with Gasteiger partial charge in [0.25, 0.3) is 0 Å². The molecule has 0 unspecified atom stereocenters. The second kappa shape index (κ2) is 4.63. The van der Waals surface area contributed by atoms with Crippen molar-refractivity contribution < 1.29 is 0 Å². The van der Waals surface area contributed by atoms with Gasteiger partial charge >= 0.3 is 0 Å². The second-order valence-corrected chi connectivity index (χ2v) is 5.62. The molecule has 0 radical (unpaired) electrons. The lowest BCUT2D eigenvalue weighted by Crippen LogP contribution is -2.05. The van der Waals surface area contributed by atoms with Crippen LogP contribution >= 0.6 is 11.3 Å². The van der Waals surface area contributed by atoms with E-state index in [0.29, 0.717) is 0 Å². The highest BCUT2D eigenvalue weighted by Gasteiger charge is 2.23. The Kier molecular flexibility index (Phi) is 2.99. The lowest BCUT2D eigenvalue weighted by Gasteiger charge is -1.97. The van der Waals surface area contributed by atoms with Crippen molar-refractivity contribution in [2.45, 2.75) is 25.9 Å². The van der Waals surface area contributed by atoms with E-state index >= 15 is 0 Å². The maximum Gasteiger partial charge on any atom is 0.107 e. The third-order valence-electron chi connectivity index (χ3n) is 3.10. The Morgan fingerprint density at radius 3 is 3.06 bits per heavy atom. The molecule has 17 heavy (non-hydrogen) atoms. The molecular formula is C13H17N3S. The SMILES string of the molecule is CNCc1cn(CC2CC2)nc1-c1cccs1. The Morgan fingerprint density at radius 1 is 1.53 bits per heavy atom. The molecule has 3 rings (SSSR count). The molecule has 0 aromatic carbocycles. The van der Waals surface area contributed by atoms with Crippen LogP contribution in [0.3, 0.4) is 0 Å². The Balaban J connectivity index is 1.90. The standard InChI is InChI=1S/C13H17N3S/c1-14-7-11-9-16(8-10-4-5-10)15-13(11)12-3-2-6-17-12/h2-3,6,9-10,14H,4-5,7-8H2,1H3. The molecule has 1 saturated carbocycles. The quantitative estimate of drug-likeness (QED) is 0.880. The van der Waals surface area contributed by atoms with Crippen molar-refractivity contribution in [3.63, 3.8) is 0 Å². The fourth-order valence-corrected chi connectivity index (χ4v) is 2.81. The average Bonchev–Trinajstić information content (AvgIpc) is 2.82. The van der Waals surface area contributed by atoms with Gasteiger partial charge in [0, 0.05) is 24.8 Å². The van der Waals surface area contributed by atoms with Crippen LogP contribution < -0.4 is 5.32 Å². The number of nitrogens with one attached hydrogen (secondary N) is 1. The highest BCUT2D eigenvalue weighted by Crippen LogP contribution is 2.32. The summed E-state index contributed by atoms with van der Waals surface area (Å²) in [5.74, 6) is 0.869. The molecule has 0 bridgehead atoms. The zero-order valence-electron chi connectivity index (χ0n) is 10.0. The highest BCUT2D eigenvalue weighted by atomic mass is 32.1. The minimum absolute atomic E-state index is 0.869. The number of rotatable bonds is 5. The molecule has 1 N–H and O–H groups in total. The van der Waals surface area contributed by atoms with Crippen LogP contribution in [0, 0.1) is 5.92 Å². The molecule has 90 valence electrons. The van der Waals surface area contributed by atoms with Gasteiger partial charge in [-0.15, -0.1) is 11.3 Å². The predicted molar refractivity (Wildman–Crippen MR) is 71.0 cm³/mol. The number of thiophene rings is 1. The Labute approximate surface area is 105 Å². The molecule has 0 amide bonds. The van der Waals surface area contributed by atoms with E-state index in [9.17, 15) is 0 Å². The zero-order valence-corrected chi connectivity index (χ0v) is 10.8. The first-order valence-electron chi connectivity index (χ1n) is 6.11. The van der Waals surface area contributed by atoms with Crippen molar-refractivity contribution >= 4 is 11.3 Å². The van der Waals surface area contributed by atoms with Crippen molar-refractivity contribution in [2.75, 3.05) is 7.05 Å². The molecule has 2 aromatic rings. The summed E-state index contributed by atoms with van der Waals surface area (Å²) in [6, 6.07) is 4.23. The maximum absolute atomic E-state index is 4.74. The van der Waals surface area contributed by atoms with Gasteiger partial charge in [0.2, 0.25) is 0 Å². The van der Waals surface area contributed by atoms with Crippen LogP contribution in [-0.4, -0.2) is 16.8 Å². The van der Waals surface area contributed by atoms with E-state index in [2.05, 4.69) is 33.7 Å². The molecule has 1 fully saturated rings. The topological polar surface area (TPSA) is 29.9 Å². The van der Waals surface area contributed by atoms with E-state index < -0.39 is 0 Å². The van der Waals surface area contributed by atoms with E-state index in [1.807, 2.05) is 7.05 Å². The molecule has 0 spiro atoms. The zero-order chi connectivity index (χ0) is 11.7. The molecule has 2 aromatic heterocycles. The first kappa shape index (κ1) is 11.0. The molecule has 3 nitrogen and oxygen atoms in total. The third-order valence-corrected chi connectivity index (χ3v) is 3.98. The normalized spacial score (nSPS) is 15.4. The summed E-state index contributed by atoms with van der Waals surface area (Å²) in [5, 5.41) is 10.1. The average molecular weight is 247 g/mol. The van der Waals surface area contributed by atoms with Crippen LogP contribution in [0.25, 0.3) is 10.6 Å². The summed E-state index contributed by atoms with van der Waals surface area (Å²) in [6.45, 7) is 1.97. The minimum Gasteiger partial charge on any atom is -0.316 e. The summed E-state index contributed by atoms with van der Waals surface area (Å²) in [6.07, 6.45) is 4.94. The Morgan fingerprint density at radius 2 is 2.41 bits per heavy atom. The Hall–Kier alpha value is -1.13. The van der Waals surface area contributed by atoms with Crippen LogP contribution in [0.1, 0.15) is 18.4 Å². The first-order chi connectivity index (χ1) is 8.36. The molecule has 4 heteroatoms. The fourth-order valence-electron chi connectivity index (χ4n) is 2.06. The van der Waals surface area contributed by atoms with Crippen LogP contribution in [0.2, 0.25) is 0 Å². The summed E-state index contributed by atoms with van der Waals surface area (Å²) in [5.41, 5.74) is 2.45. The van der Waals surface area contributed by atoms with Gasteiger partial charge in [-0.3, -0.25) is 4.68 Å². The monoisotopic (exact) mass is 247 g/mol. The third kappa shape index (κ3) is 2.42. The summed E-state index contributed by atoms with van der Waals surface area (Å²) in [7, 11) is 1.98. The lowest BCUT2D eigenvalue weighted by atomic mass is 10.2. The van der Waals surface area contributed by atoms with Crippen LogP contribution in [0.5, 0.6) is 0 Å². The van der Waals surface area contributed by atoms with Gasteiger partial charge in [-0.2, -0.15) is 5.10 Å². The van der Waals surface area contributed by atoms with E-state index in [1.165, 1.54) is 23.3 Å². The molecule has 2 heterocycles. The van der Waals surface area contributed by atoms with Gasteiger partial charge in [-0.25, -0.2) is 0 Å². The predicted octanol–water partition coefficient (Wildman–Crippen LogP) is 2.74. The summed E-state index contributed by atoms with van der Waals surface area (Å²) >= 11 is 1.76. The largest absolute Gasteiger partial charge is 0.316 e. The molecule has 0 aliphatic heterocycles. The Bertz CT molecular complexity index is 483. The van der Waals surface area contributed by atoms with E-state index in [4.69, 9.17) is 5.10 Å². The van der Waals surface area contributed by atoms with E-state index in [0.717, 1.165) is 24.7 Å². The van der Waals surface area contributed by atoms with Gasteiger partial charge in [0.15, 0.2) is 0 Å². The van der Waals surface area contributed by atoms with Crippen molar-refractivity contribution in [1.29, 1.82) is 0 Å². The van der Waals surface area contributed by atoms with Crippen molar-refractivity contribution in [3.05, 3.63) is 29.3 Å². The smallest absolute Gasteiger partial charge is 0.107 e. The summed E-state index contributed by atoms with van der Waals surface area (Å²) in [4.78, 5) is 1.27. The number of nitrogens with zero attached hydrogens (tertiary/aromatic N) is 2. The number of aromatic nitrogens is 2. The van der Waals surface area contributed by atoms with Gasteiger partial charge < -0.3 is 5.32 Å². The van der Waals surface area contributed by atoms with Crippen molar-refractivity contribution in [2.24, 2.45) is 5.92 Å². The second-order valence-electron chi connectivity index (χ2n) is 4.68. The summed E-state index contributed by atoms with van der Waals surface area (Å²) < 4.78 is 2.12. The van der Waals surface area contributed by atoms with E-state index in [1.54, 1.807) is 11.3 Å². The number of hydrogen-bond donors (Lipinski definition) is 1. The van der Waals surface area contributed by atoms with Crippen molar-refractivity contribution in [3.8, 4) is 10.6 Å². The van der Waals surface area contributed by atoms with Gasteiger partial charge in [-0.1, -0.05) is 6.07 Å². The highest BCUT2D eigenvalue weighted by molar-refractivity contribution is 7.13. The van der Waals surface area contributed by atoms with Crippen LogP contribution in [0.4, 0.5) is 0 Å². The van der Waals surface area contributed by atoms with Crippen molar-refractivity contribution in [1.82, 2.24) is 15.1 Å².